The van der Waals surface area contributed by atoms with Gasteiger partial charge in [-0.15, -0.1) is 0 Å². The van der Waals surface area contributed by atoms with Gasteiger partial charge in [0, 0.05) is 25.4 Å². The molecule has 1 saturated heterocycles. The lowest BCUT2D eigenvalue weighted by Crippen LogP contribution is -2.44. The number of hydrogen-bond donors (Lipinski definition) is 1. The molecule has 17 heavy (non-hydrogen) atoms. The Balaban J connectivity index is 1.79. The Labute approximate surface area is 103 Å². The summed E-state index contributed by atoms with van der Waals surface area (Å²) in [6.07, 6.45) is 4.17. The maximum absolute atomic E-state index is 13.3. The van der Waals surface area contributed by atoms with E-state index >= 15 is 0 Å². The molecule has 1 atom stereocenters. The van der Waals surface area contributed by atoms with Gasteiger partial charge in [-0.25, -0.2) is 8.78 Å². The van der Waals surface area contributed by atoms with Gasteiger partial charge in [0.05, 0.1) is 0 Å². The van der Waals surface area contributed by atoms with E-state index in [1.54, 1.807) is 0 Å². The van der Waals surface area contributed by atoms with Crippen molar-refractivity contribution >= 4 is 0 Å². The highest BCUT2D eigenvalue weighted by Gasteiger charge is 2.36. The molecule has 0 spiro atoms. The topological polar surface area (TPSA) is 15.3 Å². The van der Waals surface area contributed by atoms with Crippen molar-refractivity contribution in [3.63, 3.8) is 0 Å². The maximum atomic E-state index is 13.3. The molecule has 1 N–H and O–H groups in total. The fourth-order valence-electron chi connectivity index (χ4n) is 3.24. The largest absolute Gasteiger partial charge is 0.317 e. The van der Waals surface area contributed by atoms with Gasteiger partial charge in [-0.05, 0) is 51.7 Å². The number of halogens is 2. The molecular weight excluding hydrogens is 222 g/mol. The van der Waals surface area contributed by atoms with E-state index in [2.05, 4.69) is 17.3 Å². The third-order valence-corrected chi connectivity index (χ3v) is 4.22. The molecule has 2 aliphatic rings. The smallest absolute Gasteiger partial charge is 0.248 e. The molecule has 0 radical (unpaired) electrons. The van der Waals surface area contributed by atoms with Gasteiger partial charge in [-0.3, -0.25) is 0 Å². The third-order valence-electron chi connectivity index (χ3n) is 4.22. The first-order valence-electron chi connectivity index (χ1n) is 6.86. The minimum atomic E-state index is -2.40. The quantitative estimate of drug-likeness (QED) is 0.823. The number of alkyl halides is 2. The fourth-order valence-corrected chi connectivity index (χ4v) is 3.24. The van der Waals surface area contributed by atoms with Gasteiger partial charge in [0.25, 0.3) is 0 Å². The summed E-state index contributed by atoms with van der Waals surface area (Å²) in [5, 5.41) is 3.34. The molecule has 1 saturated carbocycles. The highest BCUT2D eigenvalue weighted by atomic mass is 19.3. The van der Waals surface area contributed by atoms with E-state index in [1.807, 2.05) is 0 Å². The van der Waals surface area contributed by atoms with E-state index in [0.717, 1.165) is 38.9 Å². The molecule has 0 aromatic carbocycles. The van der Waals surface area contributed by atoms with Crippen LogP contribution in [0.2, 0.25) is 0 Å². The van der Waals surface area contributed by atoms with Crippen LogP contribution < -0.4 is 5.32 Å². The molecule has 0 amide bonds. The van der Waals surface area contributed by atoms with Crippen molar-refractivity contribution in [2.24, 2.45) is 5.92 Å². The van der Waals surface area contributed by atoms with Gasteiger partial charge in [0.15, 0.2) is 0 Å². The number of piperidine rings is 1. The van der Waals surface area contributed by atoms with Crippen LogP contribution in [0.3, 0.4) is 0 Å². The molecule has 2 rings (SSSR count). The molecule has 1 unspecified atom stereocenters. The van der Waals surface area contributed by atoms with Crippen LogP contribution in [-0.4, -0.2) is 43.5 Å². The Kier molecular flexibility index (Phi) is 4.36. The van der Waals surface area contributed by atoms with Crippen LogP contribution in [0.1, 0.15) is 38.5 Å². The molecular formula is C13H24F2N2. The molecule has 1 aliphatic carbocycles. The van der Waals surface area contributed by atoms with E-state index in [4.69, 9.17) is 0 Å². The molecule has 2 nitrogen and oxygen atoms in total. The van der Waals surface area contributed by atoms with Crippen molar-refractivity contribution in [1.29, 1.82) is 0 Å². The third kappa shape index (κ3) is 3.88. The number of nitrogens with zero attached hydrogens (tertiary/aromatic N) is 1. The highest BCUT2D eigenvalue weighted by molar-refractivity contribution is 4.82. The average Bonchev–Trinajstić information content (AvgIpc) is 2.29. The van der Waals surface area contributed by atoms with Crippen LogP contribution >= 0.6 is 0 Å². The van der Waals surface area contributed by atoms with Crippen LogP contribution in [0, 0.1) is 5.92 Å². The molecule has 100 valence electrons. The lowest BCUT2D eigenvalue weighted by atomic mass is 9.86. The molecule has 0 bridgehead atoms. The van der Waals surface area contributed by atoms with Crippen LogP contribution in [0.15, 0.2) is 0 Å². The van der Waals surface area contributed by atoms with Crippen molar-refractivity contribution in [1.82, 2.24) is 10.2 Å². The summed E-state index contributed by atoms with van der Waals surface area (Å²) >= 11 is 0. The van der Waals surface area contributed by atoms with E-state index in [-0.39, 0.29) is 18.8 Å². The monoisotopic (exact) mass is 246 g/mol. The zero-order valence-corrected chi connectivity index (χ0v) is 10.7. The standard InChI is InChI=1S/C13H24F2N2/c1-17(12-4-7-16-8-5-12)10-11-3-2-6-13(14,15)9-11/h11-12,16H,2-10H2,1H3. The van der Waals surface area contributed by atoms with E-state index in [9.17, 15) is 8.78 Å². The molecule has 1 aliphatic heterocycles. The van der Waals surface area contributed by atoms with Crippen molar-refractivity contribution in [2.45, 2.75) is 50.5 Å². The number of rotatable bonds is 3. The van der Waals surface area contributed by atoms with E-state index in [1.165, 1.54) is 0 Å². The first-order chi connectivity index (χ1) is 8.07. The maximum Gasteiger partial charge on any atom is 0.248 e. The first-order valence-corrected chi connectivity index (χ1v) is 6.86. The Morgan fingerprint density at radius 2 is 1.94 bits per heavy atom. The summed E-state index contributed by atoms with van der Waals surface area (Å²) in [7, 11) is 2.10. The second-order valence-electron chi connectivity index (χ2n) is 5.74. The summed E-state index contributed by atoms with van der Waals surface area (Å²) < 4.78 is 26.6. The van der Waals surface area contributed by atoms with E-state index in [0.29, 0.717) is 12.5 Å². The van der Waals surface area contributed by atoms with Crippen molar-refractivity contribution in [3.8, 4) is 0 Å². The van der Waals surface area contributed by atoms with Crippen molar-refractivity contribution in [2.75, 3.05) is 26.7 Å². The fraction of sp³-hybridized carbons (Fsp3) is 1.00. The second-order valence-corrected chi connectivity index (χ2v) is 5.74. The Morgan fingerprint density at radius 1 is 1.24 bits per heavy atom. The Morgan fingerprint density at radius 3 is 2.59 bits per heavy atom. The molecule has 4 heteroatoms. The van der Waals surface area contributed by atoms with Crippen LogP contribution in [0.4, 0.5) is 8.78 Å². The normalized spacial score (nSPS) is 30.7. The minimum Gasteiger partial charge on any atom is -0.317 e. The van der Waals surface area contributed by atoms with Gasteiger partial charge in [-0.2, -0.15) is 0 Å². The molecule has 0 aromatic rings. The highest BCUT2D eigenvalue weighted by Crippen LogP contribution is 2.37. The summed E-state index contributed by atoms with van der Waals surface area (Å²) in [4.78, 5) is 2.31. The zero-order valence-electron chi connectivity index (χ0n) is 10.7. The van der Waals surface area contributed by atoms with Gasteiger partial charge >= 0.3 is 0 Å². The minimum absolute atomic E-state index is 0.0978. The molecule has 2 fully saturated rings. The van der Waals surface area contributed by atoms with Crippen molar-refractivity contribution in [3.05, 3.63) is 0 Å². The van der Waals surface area contributed by atoms with Crippen molar-refractivity contribution < 1.29 is 8.78 Å². The number of nitrogens with one attached hydrogen (secondary N) is 1. The van der Waals surface area contributed by atoms with E-state index < -0.39 is 5.92 Å². The lowest BCUT2D eigenvalue weighted by molar-refractivity contribution is -0.0578. The Bertz CT molecular complexity index is 240. The summed E-state index contributed by atoms with van der Waals surface area (Å²) in [6.45, 7) is 2.98. The summed E-state index contributed by atoms with van der Waals surface area (Å²) in [6, 6.07) is 0.590. The average molecular weight is 246 g/mol. The summed E-state index contributed by atoms with van der Waals surface area (Å²) in [5.74, 6) is -2.21. The van der Waals surface area contributed by atoms with Gasteiger partial charge in [-0.1, -0.05) is 0 Å². The predicted molar refractivity (Wildman–Crippen MR) is 65.4 cm³/mol. The van der Waals surface area contributed by atoms with Crippen LogP contribution in [-0.2, 0) is 0 Å². The first kappa shape index (κ1) is 13.2. The molecule has 0 aromatic heterocycles. The Hall–Kier alpha value is -0.220. The predicted octanol–water partition coefficient (Wildman–Crippen LogP) is 2.50. The zero-order chi connectivity index (χ0) is 12.3. The number of hydrogen-bond acceptors (Lipinski definition) is 2. The SMILES string of the molecule is CN(CC1CCCC(F)(F)C1)C1CCNCC1. The van der Waals surface area contributed by atoms with Crippen LogP contribution in [0.5, 0.6) is 0 Å². The molecule has 1 heterocycles. The summed E-state index contributed by atoms with van der Waals surface area (Å²) in [5.41, 5.74) is 0. The van der Waals surface area contributed by atoms with Crippen LogP contribution in [0.25, 0.3) is 0 Å². The second kappa shape index (κ2) is 5.61. The van der Waals surface area contributed by atoms with Gasteiger partial charge < -0.3 is 10.2 Å². The lowest BCUT2D eigenvalue weighted by Gasteiger charge is -2.36. The van der Waals surface area contributed by atoms with Gasteiger partial charge in [0.1, 0.15) is 0 Å². The van der Waals surface area contributed by atoms with Gasteiger partial charge in [0.2, 0.25) is 5.92 Å².